The molecule has 1 aliphatic heterocycles. The number of hydrogen-bond donors (Lipinski definition) is 2. The van der Waals surface area contributed by atoms with Crippen molar-refractivity contribution in [3.8, 4) is 0 Å². The number of nitrogens with zero attached hydrogens (tertiary/aromatic N) is 2. The van der Waals surface area contributed by atoms with Gasteiger partial charge in [0.25, 0.3) is 0 Å². The van der Waals surface area contributed by atoms with Crippen LogP contribution in [0.2, 0.25) is 0 Å². The molecule has 0 radical (unpaired) electrons. The van der Waals surface area contributed by atoms with Gasteiger partial charge in [-0.05, 0) is 61.6 Å². The van der Waals surface area contributed by atoms with Crippen LogP contribution in [0.3, 0.4) is 0 Å². The molecule has 1 heterocycles. The number of likely N-dealkylation sites (N-methyl/N-ethyl adjacent to an activating group) is 1. The number of para-hydroxylation sites is 1. The van der Waals surface area contributed by atoms with Crippen LogP contribution in [0.1, 0.15) is 46.1 Å². The molecule has 3 rings (SSSR count). The van der Waals surface area contributed by atoms with Gasteiger partial charge in [0.1, 0.15) is 6.04 Å². The molecule has 0 saturated carbocycles. The summed E-state index contributed by atoms with van der Waals surface area (Å²) in [5.74, 6) is -0.198. The van der Waals surface area contributed by atoms with E-state index in [-0.39, 0.29) is 22.6 Å². The SMILES string of the molecule is CCC(=O)N1CCc2cc(S(=O)(=O)N[C@@H](CC(C)C)C(=O)NCCN(CC)c3ccccc3)ccc21. The first-order chi connectivity index (χ1) is 17.2. The molecule has 0 fully saturated rings. The third kappa shape index (κ3) is 6.85. The van der Waals surface area contributed by atoms with Gasteiger partial charge in [0.15, 0.2) is 0 Å². The lowest BCUT2D eigenvalue weighted by atomic mass is 10.0. The van der Waals surface area contributed by atoms with Crippen LogP contribution in [0.25, 0.3) is 0 Å². The first-order valence-corrected chi connectivity index (χ1v) is 14.2. The average molecular weight is 515 g/mol. The summed E-state index contributed by atoms with van der Waals surface area (Å²) in [6.45, 7) is 10.1. The van der Waals surface area contributed by atoms with Crippen LogP contribution < -0.4 is 19.8 Å². The fourth-order valence-electron chi connectivity index (χ4n) is 4.48. The smallest absolute Gasteiger partial charge is 0.241 e. The highest BCUT2D eigenvalue weighted by molar-refractivity contribution is 7.89. The summed E-state index contributed by atoms with van der Waals surface area (Å²) < 4.78 is 29.1. The molecule has 0 aromatic heterocycles. The van der Waals surface area contributed by atoms with Gasteiger partial charge < -0.3 is 15.1 Å². The van der Waals surface area contributed by atoms with Crippen LogP contribution in [-0.2, 0) is 26.0 Å². The number of rotatable bonds is 12. The fourth-order valence-corrected chi connectivity index (χ4v) is 5.73. The number of anilines is 2. The second-order valence-electron chi connectivity index (χ2n) is 9.45. The first-order valence-electron chi connectivity index (χ1n) is 12.7. The molecule has 1 aliphatic rings. The Morgan fingerprint density at radius 2 is 1.81 bits per heavy atom. The Morgan fingerprint density at radius 1 is 1.08 bits per heavy atom. The van der Waals surface area contributed by atoms with Crippen LogP contribution in [0, 0.1) is 5.92 Å². The van der Waals surface area contributed by atoms with Crippen molar-refractivity contribution in [2.45, 2.75) is 57.9 Å². The number of carbonyl (C=O) groups excluding carboxylic acids is 2. The summed E-state index contributed by atoms with van der Waals surface area (Å²) in [5.41, 5.74) is 2.66. The van der Waals surface area contributed by atoms with Gasteiger partial charge in [-0.3, -0.25) is 9.59 Å². The lowest BCUT2D eigenvalue weighted by Crippen LogP contribution is -2.48. The van der Waals surface area contributed by atoms with Gasteiger partial charge in [0, 0.05) is 44.0 Å². The van der Waals surface area contributed by atoms with E-state index in [4.69, 9.17) is 0 Å². The molecule has 2 aromatic carbocycles. The number of sulfonamides is 1. The summed E-state index contributed by atoms with van der Waals surface area (Å²) >= 11 is 0. The Labute approximate surface area is 215 Å². The van der Waals surface area contributed by atoms with E-state index in [1.807, 2.05) is 51.1 Å². The molecule has 2 N–H and O–H groups in total. The van der Waals surface area contributed by atoms with Crippen LogP contribution in [0.4, 0.5) is 11.4 Å². The number of hydrogen-bond acceptors (Lipinski definition) is 5. The standard InChI is InChI=1S/C27H38N4O4S/c1-5-26(32)31-16-14-21-19-23(12-13-25(21)31)36(34,35)29-24(18-20(3)4)27(33)28-15-17-30(6-2)22-10-8-7-9-11-22/h7-13,19-20,24,29H,5-6,14-18H2,1-4H3,(H,28,33)/t24-/m0/s1. The molecule has 2 aromatic rings. The topological polar surface area (TPSA) is 98.8 Å². The predicted octanol–water partition coefficient (Wildman–Crippen LogP) is 3.32. The van der Waals surface area contributed by atoms with E-state index in [9.17, 15) is 18.0 Å². The molecule has 0 aliphatic carbocycles. The number of carbonyl (C=O) groups is 2. The summed E-state index contributed by atoms with van der Waals surface area (Å²) in [5, 5.41) is 2.91. The molecule has 36 heavy (non-hydrogen) atoms. The highest BCUT2D eigenvalue weighted by Gasteiger charge is 2.29. The molecule has 0 saturated heterocycles. The lowest BCUT2D eigenvalue weighted by Gasteiger charge is -2.25. The molecule has 8 nitrogen and oxygen atoms in total. The monoisotopic (exact) mass is 514 g/mol. The van der Waals surface area contributed by atoms with Gasteiger partial charge in [-0.2, -0.15) is 4.72 Å². The molecular formula is C27H38N4O4S. The molecule has 196 valence electrons. The summed E-state index contributed by atoms with van der Waals surface area (Å²) in [4.78, 5) is 29.1. The number of benzene rings is 2. The first kappa shape index (κ1) is 27.7. The molecule has 9 heteroatoms. The quantitative estimate of drug-likeness (QED) is 0.453. The second kappa shape index (κ2) is 12.4. The number of nitrogens with one attached hydrogen (secondary N) is 2. The van der Waals surface area contributed by atoms with E-state index >= 15 is 0 Å². The minimum atomic E-state index is -3.93. The van der Waals surface area contributed by atoms with E-state index < -0.39 is 16.1 Å². The zero-order chi connectivity index (χ0) is 26.3. The van der Waals surface area contributed by atoms with Gasteiger partial charge in [0.05, 0.1) is 4.90 Å². The average Bonchev–Trinajstić information content (AvgIpc) is 3.29. The zero-order valence-electron chi connectivity index (χ0n) is 21.7. The Hall–Kier alpha value is -2.91. The zero-order valence-corrected chi connectivity index (χ0v) is 22.5. The molecular weight excluding hydrogens is 476 g/mol. The van der Waals surface area contributed by atoms with Gasteiger partial charge in [-0.25, -0.2) is 8.42 Å². The highest BCUT2D eigenvalue weighted by Crippen LogP contribution is 2.30. The third-order valence-corrected chi connectivity index (χ3v) is 7.83. The van der Waals surface area contributed by atoms with Crippen molar-refractivity contribution in [3.05, 3.63) is 54.1 Å². The maximum atomic E-state index is 13.2. The molecule has 1 atom stereocenters. The Morgan fingerprint density at radius 3 is 2.44 bits per heavy atom. The van der Waals surface area contributed by atoms with Gasteiger partial charge in [0.2, 0.25) is 21.8 Å². The van der Waals surface area contributed by atoms with E-state index in [0.717, 1.165) is 23.5 Å². The molecule has 2 amide bonds. The van der Waals surface area contributed by atoms with Crippen molar-refractivity contribution in [2.75, 3.05) is 36.0 Å². The summed E-state index contributed by atoms with van der Waals surface area (Å²) in [6, 6.07) is 13.9. The summed E-state index contributed by atoms with van der Waals surface area (Å²) in [7, 11) is -3.93. The fraction of sp³-hybridized carbons (Fsp3) is 0.481. The van der Waals surface area contributed by atoms with Crippen molar-refractivity contribution in [1.82, 2.24) is 10.0 Å². The van der Waals surface area contributed by atoms with E-state index in [2.05, 4.69) is 21.9 Å². The Bertz CT molecular complexity index is 1150. The van der Waals surface area contributed by atoms with Crippen LogP contribution in [0.15, 0.2) is 53.4 Å². The second-order valence-corrected chi connectivity index (χ2v) is 11.2. The Balaban J connectivity index is 1.68. The van der Waals surface area contributed by atoms with Crippen LogP contribution >= 0.6 is 0 Å². The molecule has 0 spiro atoms. The minimum Gasteiger partial charge on any atom is -0.370 e. The predicted molar refractivity (Wildman–Crippen MR) is 144 cm³/mol. The minimum absolute atomic E-state index is 0.0186. The normalized spacial score (nSPS) is 14.0. The van der Waals surface area contributed by atoms with E-state index in [1.54, 1.807) is 17.0 Å². The van der Waals surface area contributed by atoms with Gasteiger partial charge in [-0.1, -0.05) is 39.0 Å². The number of amides is 2. The third-order valence-electron chi connectivity index (χ3n) is 6.37. The van der Waals surface area contributed by atoms with E-state index in [0.29, 0.717) is 38.9 Å². The molecule has 0 unspecified atom stereocenters. The summed E-state index contributed by atoms with van der Waals surface area (Å²) in [6.07, 6.45) is 1.38. The van der Waals surface area contributed by atoms with Gasteiger partial charge in [-0.15, -0.1) is 0 Å². The van der Waals surface area contributed by atoms with Crippen molar-refractivity contribution in [3.63, 3.8) is 0 Å². The van der Waals surface area contributed by atoms with Crippen LogP contribution in [-0.4, -0.2) is 52.5 Å². The van der Waals surface area contributed by atoms with E-state index in [1.165, 1.54) is 6.07 Å². The maximum Gasteiger partial charge on any atom is 0.241 e. The molecule has 0 bridgehead atoms. The highest BCUT2D eigenvalue weighted by atomic mass is 32.2. The van der Waals surface area contributed by atoms with Crippen molar-refractivity contribution < 1.29 is 18.0 Å². The largest absolute Gasteiger partial charge is 0.370 e. The van der Waals surface area contributed by atoms with Crippen molar-refractivity contribution in [1.29, 1.82) is 0 Å². The van der Waals surface area contributed by atoms with Crippen LogP contribution in [0.5, 0.6) is 0 Å². The Kier molecular flexibility index (Phi) is 9.50. The lowest BCUT2D eigenvalue weighted by molar-refractivity contribution is -0.123. The number of fused-ring (bicyclic) bond motifs is 1. The van der Waals surface area contributed by atoms with Crippen molar-refractivity contribution >= 4 is 33.2 Å². The van der Waals surface area contributed by atoms with Gasteiger partial charge >= 0.3 is 0 Å². The van der Waals surface area contributed by atoms with Crippen molar-refractivity contribution in [2.24, 2.45) is 5.92 Å². The maximum absolute atomic E-state index is 13.2.